The Labute approximate surface area is 113 Å². The molecule has 0 unspecified atom stereocenters. The van der Waals surface area contributed by atoms with Gasteiger partial charge in [-0.05, 0) is 37.8 Å². The molecule has 0 radical (unpaired) electrons. The molecular weight excluding hydrogens is 240 g/mol. The second-order valence-corrected chi connectivity index (χ2v) is 5.09. The van der Waals surface area contributed by atoms with Gasteiger partial charge >= 0.3 is 0 Å². The van der Waals surface area contributed by atoms with Gasteiger partial charge in [0.05, 0.1) is 0 Å². The molecule has 0 aromatic heterocycles. The normalized spacial score (nSPS) is 22.6. The molecule has 0 aliphatic heterocycles. The SMILES string of the molecule is CC(=O)NC1CCC(NC(=O)c2ccccc2)CC1. The van der Waals surface area contributed by atoms with E-state index in [0.717, 1.165) is 25.7 Å². The Bertz CT molecular complexity index is 437. The second-order valence-electron chi connectivity index (χ2n) is 5.09. The van der Waals surface area contributed by atoms with Gasteiger partial charge in [-0.15, -0.1) is 0 Å². The Morgan fingerprint density at radius 1 is 0.947 bits per heavy atom. The third-order valence-electron chi connectivity index (χ3n) is 3.51. The van der Waals surface area contributed by atoms with Crippen molar-refractivity contribution in [2.45, 2.75) is 44.7 Å². The van der Waals surface area contributed by atoms with E-state index in [9.17, 15) is 9.59 Å². The second kappa shape index (κ2) is 6.36. The van der Waals surface area contributed by atoms with E-state index in [-0.39, 0.29) is 23.9 Å². The molecule has 4 heteroatoms. The molecule has 2 N–H and O–H groups in total. The fourth-order valence-corrected chi connectivity index (χ4v) is 2.53. The first kappa shape index (κ1) is 13.6. The van der Waals surface area contributed by atoms with Gasteiger partial charge in [0, 0.05) is 24.6 Å². The zero-order chi connectivity index (χ0) is 13.7. The number of benzene rings is 1. The van der Waals surface area contributed by atoms with Gasteiger partial charge in [0.15, 0.2) is 0 Å². The average Bonchev–Trinajstić information content (AvgIpc) is 2.41. The van der Waals surface area contributed by atoms with Crippen molar-refractivity contribution in [3.63, 3.8) is 0 Å². The van der Waals surface area contributed by atoms with Crippen LogP contribution in [0.15, 0.2) is 30.3 Å². The van der Waals surface area contributed by atoms with Crippen LogP contribution in [0.3, 0.4) is 0 Å². The van der Waals surface area contributed by atoms with Crippen LogP contribution in [0, 0.1) is 0 Å². The van der Waals surface area contributed by atoms with Crippen LogP contribution >= 0.6 is 0 Å². The third-order valence-corrected chi connectivity index (χ3v) is 3.51. The number of carbonyl (C=O) groups excluding carboxylic acids is 2. The highest BCUT2D eigenvalue weighted by molar-refractivity contribution is 5.94. The van der Waals surface area contributed by atoms with Crippen molar-refractivity contribution in [3.8, 4) is 0 Å². The first-order valence-electron chi connectivity index (χ1n) is 6.78. The minimum Gasteiger partial charge on any atom is -0.354 e. The highest BCUT2D eigenvalue weighted by atomic mass is 16.2. The van der Waals surface area contributed by atoms with Gasteiger partial charge in [-0.2, -0.15) is 0 Å². The first-order valence-corrected chi connectivity index (χ1v) is 6.78. The number of amides is 2. The fourth-order valence-electron chi connectivity index (χ4n) is 2.53. The molecule has 1 aliphatic rings. The molecule has 0 spiro atoms. The van der Waals surface area contributed by atoms with Crippen molar-refractivity contribution in [2.75, 3.05) is 0 Å². The van der Waals surface area contributed by atoms with E-state index in [1.807, 2.05) is 30.3 Å². The topological polar surface area (TPSA) is 58.2 Å². The summed E-state index contributed by atoms with van der Waals surface area (Å²) < 4.78 is 0. The molecule has 19 heavy (non-hydrogen) atoms. The maximum atomic E-state index is 12.0. The van der Waals surface area contributed by atoms with Crippen molar-refractivity contribution >= 4 is 11.8 Å². The van der Waals surface area contributed by atoms with Crippen LogP contribution in [0.4, 0.5) is 0 Å². The van der Waals surface area contributed by atoms with Gasteiger partial charge in [0.25, 0.3) is 5.91 Å². The summed E-state index contributed by atoms with van der Waals surface area (Å²) in [6, 6.07) is 9.75. The number of nitrogens with one attached hydrogen (secondary N) is 2. The number of carbonyl (C=O) groups is 2. The van der Waals surface area contributed by atoms with Crippen molar-refractivity contribution in [1.29, 1.82) is 0 Å². The highest BCUT2D eigenvalue weighted by Crippen LogP contribution is 2.19. The largest absolute Gasteiger partial charge is 0.354 e. The summed E-state index contributed by atoms with van der Waals surface area (Å²) in [5.41, 5.74) is 0.700. The van der Waals surface area contributed by atoms with Gasteiger partial charge in [0.1, 0.15) is 0 Å². The number of hydrogen-bond acceptors (Lipinski definition) is 2. The maximum Gasteiger partial charge on any atom is 0.251 e. The lowest BCUT2D eigenvalue weighted by Gasteiger charge is -2.29. The van der Waals surface area contributed by atoms with Gasteiger partial charge < -0.3 is 10.6 Å². The predicted octanol–water partition coefficient (Wildman–Crippen LogP) is 1.86. The monoisotopic (exact) mass is 260 g/mol. The van der Waals surface area contributed by atoms with E-state index in [0.29, 0.717) is 5.56 Å². The summed E-state index contributed by atoms with van der Waals surface area (Å²) in [6.45, 7) is 1.54. The molecular formula is C15H20N2O2. The van der Waals surface area contributed by atoms with Crippen LogP contribution in [0.25, 0.3) is 0 Å². The average molecular weight is 260 g/mol. The maximum absolute atomic E-state index is 12.0. The van der Waals surface area contributed by atoms with Gasteiger partial charge in [-0.1, -0.05) is 18.2 Å². The Morgan fingerprint density at radius 3 is 2.00 bits per heavy atom. The molecule has 102 valence electrons. The molecule has 4 nitrogen and oxygen atoms in total. The van der Waals surface area contributed by atoms with Crippen LogP contribution in [-0.4, -0.2) is 23.9 Å². The van der Waals surface area contributed by atoms with Gasteiger partial charge in [-0.3, -0.25) is 9.59 Å². The Morgan fingerprint density at radius 2 is 1.47 bits per heavy atom. The van der Waals surface area contributed by atoms with Crippen molar-refractivity contribution in [2.24, 2.45) is 0 Å². The first-order chi connectivity index (χ1) is 9.15. The zero-order valence-electron chi connectivity index (χ0n) is 11.2. The standard InChI is InChI=1S/C15H20N2O2/c1-11(18)16-13-7-9-14(10-8-13)17-15(19)12-5-3-2-4-6-12/h2-6,13-14H,7-10H2,1H3,(H,16,18)(H,17,19). The zero-order valence-corrected chi connectivity index (χ0v) is 11.2. The molecule has 0 atom stereocenters. The van der Waals surface area contributed by atoms with Crippen LogP contribution in [-0.2, 0) is 4.79 Å². The summed E-state index contributed by atoms with van der Waals surface area (Å²) in [6.07, 6.45) is 3.70. The van der Waals surface area contributed by atoms with Crippen LogP contribution in [0.5, 0.6) is 0 Å². The van der Waals surface area contributed by atoms with E-state index in [2.05, 4.69) is 10.6 Å². The minimum atomic E-state index is -0.0106. The smallest absolute Gasteiger partial charge is 0.251 e. The van der Waals surface area contributed by atoms with Crippen molar-refractivity contribution < 1.29 is 9.59 Å². The Balaban J connectivity index is 1.80. The molecule has 1 fully saturated rings. The van der Waals surface area contributed by atoms with Crippen molar-refractivity contribution in [1.82, 2.24) is 10.6 Å². The molecule has 1 aromatic rings. The lowest BCUT2D eigenvalue weighted by molar-refractivity contribution is -0.119. The molecule has 1 aromatic carbocycles. The Hall–Kier alpha value is -1.84. The van der Waals surface area contributed by atoms with Crippen LogP contribution in [0.2, 0.25) is 0 Å². The highest BCUT2D eigenvalue weighted by Gasteiger charge is 2.22. The van der Waals surface area contributed by atoms with Crippen molar-refractivity contribution in [3.05, 3.63) is 35.9 Å². The molecule has 0 heterocycles. The fraction of sp³-hybridized carbons (Fsp3) is 0.467. The van der Waals surface area contributed by atoms with Gasteiger partial charge in [0.2, 0.25) is 5.91 Å². The van der Waals surface area contributed by atoms with E-state index in [1.54, 1.807) is 6.92 Å². The summed E-state index contributed by atoms with van der Waals surface area (Å²) in [4.78, 5) is 23.0. The van der Waals surface area contributed by atoms with Crippen LogP contribution < -0.4 is 10.6 Å². The Kier molecular flexibility index (Phi) is 4.55. The molecule has 2 amide bonds. The number of rotatable bonds is 3. The summed E-state index contributed by atoms with van der Waals surface area (Å²) in [5.74, 6) is 0.0142. The number of hydrogen-bond donors (Lipinski definition) is 2. The molecule has 0 saturated heterocycles. The quantitative estimate of drug-likeness (QED) is 0.871. The molecule has 1 saturated carbocycles. The lowest BCUT2D eigenvalue weighted by Crippen LogP contribution is -2.43. The molecule has 2 rings (SSSR count). The molecule has 0 bridgehead atoms. The molecule has 1 aliphatic carbocycles. The summed E-state index contributed by atoms with van der Waals surface area (Å²) >= 11 is 0. The van der Waals surface area contributed by atoms with Crippen LogP contribution in [0.1, 0.15) is 43.0 Å². The summed E-state index contributed by atoms with van der Waals surface area (Å²) in [5, 5.41) is 5.99. The van der Waals surface area contributed by atoms with Gasteiger partial charge in [-0.25, -0.2) is 0 Å². The minimum absolute atomic E-state index is 0.0106. The third kappa shape index (κ3) is 4.09. The summed E-state index contributed by atoms with van der Waals surface area (Å²) in [7, 11) is 0. The van der Waals surface area contributed by atoms with E-state index >= 15 is 0 Å². The van der Waals surface area contributed by atoms with E-state index in [4.69, 9.17) is 0 Å². The lowest BCUT2D eigenvalue weighted by atomic mass is 9.91. The van der Waals surface area contributed by atoms with E-state index < -0.39 is 0 Å². The van der Waals surface area contributed by atoms with E-state index in [1.165, 1.54) is 0 Å². The predicted molar refractivity (Wildman–Crippen MR) is 73.8 cm³/mol.